The smallest absolute Gasteiger partial charge is 0.321 e. The Labute approximate surface area is 122 Å². The average molecular weight is 294 g/mol. The molecule has 1 aromatic rings. The van der Waals surface area contributed by atoms with Gasteiger partial charge in [0.1, 0.15) is 5.82 Å². The van der Waals surface area contributed by atoms with Crippen LogP contribution in [0.2, 0.25) is 0 Å². The lowest BCUT2D eigenvalue weighted by Crippen LogP contribution is -2.41. The third-order valence-corrected chi connectivity index (χ3v) is 3.66. The Morgan fingerprint density at radius 1 is 1.33 bits per heavy atom. The first-order valence-electron chi connectivity index (χ1n) is 6.99. The van der Waals surface area contributed by atoms with E-state index in [2.05, 4.69) is 5.32 Å². The number of hydrogen-bond acceptors (Lipinski definition) is 2. The van der Waals surface area contributed by atoms with Gasteiger partial charge in [-0.2, -0.15) is 0 Å². The van der Waals surface area contributed by atoms with E-state index in [4.69, 9.17) is 5.11 Å². The van der Waals surface area contributed by atoms with Crippen LogP contribution in [0.1, 0.15) is 24.8 Å². The Hall–Kier alpha value is -2.11. The van der Waals surface area contributed by atoms with Crippen molar-refractivity contribution in [1.82, 2.24) is 4.90 Å². The monoisotopic (exact) mass is 294 g/mol. The number of aryl methyl sites for hydroxylation is 1. The molecule has 21 heavy (non-hydrogen) atoms. The number of carboxylic acids is 1. The maximum Gasteiger partial charge on any atom is 0.321 e. The topological polar surface area (TPSA) is 69.6 Å². The van der Waals surface area contributed by atoms with Gasteiger partial charge in [0.05, 0.1) is 0 Å². The van der Waals surface area contributed by atoms with E-state index in [9.17, 15) is 14.0 Å². The zero-order chi connectivity index (χ0) is 15.4. The van der Waals surface area contributed by atoms with Gasteiger partial charge in [-0.15, -0.1) is 0 Å². The zero-order valence-electron chi connectivity index (χ0n) is 11.9. The second-order valence-corrected chi connectivity index (χ2v) is 5.48. The van der Waals surface area contributed by atoms with E-state index in [1.807, 2.05) is 0 Å². The van der Waals surface area contributed by atoms with Crippen LogP contribution in [0.4, 0.5) is 14.9 Å². The summed E-state index contributed by atoms with van der Waals surface area (Å²) in [5.41, 5.74) is 1.18. The van der Waals surface area contributed by atoms with Crippen molar-refractivity contribution in [3.05, 3.63) is 29.6 Å². The molecule has 2 amide bonds. The first kappa shape index (κ1) is 15.3. The molecule has 2 rings (SSSR count). The fourth-order valence-corrected chi connectivity index (χ4v) is 2.60. The van der Waals surface area contributed by atoms with E-state index in [1.165, 1.54) is 12.1 Å². The van der Waals surface area contributed by atoms with E-state index in [1.54, 1.807) is 17.9 Å². The molecule has 1 heterocycles. The minimum atomic E-state index is -0.798. The lowest BCUT2D eigenvalue weighted by molar-refractivity contribution is -0.138. The minimum Gasteiger partial charge on any atom is -0.481 e. The number of halogens is 1. The predicted octanol–water partition coefficient (Wildman–Crippen LogP) is 2.85. The normalized spacial score (nSPS) is 15.8. The van der Waals surface area contributed by atoms with Crippen molar-refractivity contribution < 1.29 is 19.1 Å². The van der Waals surface area contributed by atoms with Crippen molar-refractivity contribution in [2.75, 3.05) is 18.4 Å². The van der Waals surface area contributed by atoms with Crippen LogP contribution in [0.5, 0.6) is 0 Å². The summed E-state index contributed by atoms with van der Waals surface area (Å²) in [4.78, 5) is 24.4. The molecular weight excluding hydrogens is 275 g/mol. The van der Waals surface area contributed by atoms with Gasteiger partial charge in [-0.3, -0.25) is 4.79 Å². The quantitative estimate of drug-likeness (QED) is 0.900. The Balaban J connectivity index is 1.88. The lowest BCUT2D eigenvalue weighted by Gasteiger charge is -2.31. The molecule has 0 bridgehead atoms. The molecule has 0 radical (unpaired) electrons. The highest BCUT2D eigenvalue weighted by molar-refractivity contribution is 5.89. The van der Waals surface area contributed by atoms with Crippen molar-refractivity contribution in [2.45, 2.75) is 26.2 Å². The average Bonchev–Trinajstić information content (AvgIpc) is 2.37. The van der Waals surface area contributed by atoms with Gasteiger partial charge >= 0.3 is 12.0 Å². The molecule has 0 aromatic heterocycles. The van der Waals surface area contributed by atoms with Crippen molar-refractivity contribution in [3.63, 3.8) is 0 Å². The van der Waals surface area contributed by atoms with Crippen molar-refractivity contribution in [3.8, 4) is 0 Å². The molecule has 5 nitrogen and oxygen atoms in total. The molecule has 2 N–H and O–H groups in total. The summed E-state index contributed by atoms with van der Waals surface area (Å²) in [6.45, 7) is 2.81. The van der Waals surface area contributed by atoms with Crippen molar-refractivity contribution in [2.24, 2.45) is 5.92 Å². The van der Waals surface area contributed by atoms with Crippen molar-refractivity contribution >= 4 is 17.7 Å². The standard InChI is InChI=1S/C15H19FN2O3/c1-10-6-12(16)9-13(7-10)17-15(21)18-4-2-11(3-5-18)8-14(19)20/h6-7,9,11H,2-5,8H2,1H3,(H,17,21)(H,19,20). The van der Waals surface area contributed by atoms with Gasteiger partial charge in [0.25, 0.3) is 0 Å². The van der Waals surface area contributed by atoms with Crippen LogP contribution in [0.25, 0.3) is 0 Å². The van der Waals surface area contributed by atoms with Crippen LogP contribution < -0.4 is 5.32 Å². The van der Waals surface area contributed by atoms with Crippen molar-refractivity contribution in [1.29, 1.82) is 0 Å². The van der Waals surface area contributed by atoms with Crippen LogP contribution in [-0.2, 0) is 4.79 Å². The number of amides is 2. The third kappa shape index (κ3) is 4.44. The summed E-state index contributed by atoms with van der Waals surface area (Å²) >= 11 is 0. The fraction of sp³-hybridized carbons (Fsp3) is 0.467. The fourth-order valence-electron chi connectivity index (χ4n) is 2.60. The molecule has 1 fully saturated rings. The van der Waals surface area contributed by atoms with Gasteiger partial charge in [0, 0.05) is 25.2 Å². The van der Waals surface area contributed by atoms with Gasteiger partial charge in [-0.1, -0.05) is 0 Å². The highest BCUT2D eigenvalue weighted by Crippen LogP contribution is 2.21. The molecule has 1 saturated heterocycles. The summed E-state index contributed by atoms with van der Waals surface area (Å²) in [6.07, 6.45) is 1.52. The predicted molar refractivity (Wildman–Crippen MR) is 76.7 cm³/mol. The van der Waals surface area contributed by atoms with Crippen LogP contribution in [-0.4, -0.2) is 35.1 Å². The van der Waals surface area contributed by atoms with Crippen LogP contribution in [0.15, 0.2) is 18.2 Å². The number of urea groups is 1. The van der Waals surface area contributed by atoms with Gasteiger partial charge in [0.15, 0.2) is 0 Å². The molecule has 0 spiro atoms. The number of nitrogens with zero attached hydrogens (tertiary/aromatic N) is 1. The SMILES string of the molecule is Cc1cc(F)cc(NC(=O)N2CCC(CC(=O)O)CC2)c1. The molecule has 6 heteroatoms. The number of carboxylic acid groups (broad SMARTS) is 1. The minimum absolute atomic E-state index is 0.128. The van der Waals surface area contributed by atoms with Gasteiger partial charge in [-0.25, -0.2) is 9.18 Å². The number of piperidine rings is 1. The number of likely N-dealkylation sites (tertiary alicyclic amines) is 1. The number of nitrogens with one attached hydrogen (secondary N) is 1. The number of carbonyl (C=O) groups excluding carboxylic acids is 1. The highest BCUT2D eigenvalue weighted by Gasteiger charge is 2.24. The Bertz CT molecular complexity index is 519. The number of aliphatic carboxylic acids is 1. The largest absolute Gasteiger partial charge is 0.481 e. The molecule has 114 valence electrons. The molecule has 0 unspecified atom stereocenters. The van der Waals surface area contributed by atoms with Gasteiger partial charge < -0.3 is 15.3 Å². The highest BCUT2D eigenvalue weighted by atomic mass is 19.1. The van der Waals surface area contributed by atoms with Crippen LogP contribution in [0.3, 0.4) is 0 Å². The molecule has 0 atom stereocenters. The summed E-state index contributed by atoms with van der Waals surface area (Å²) < 4.78 is 13.3. The maximum absolute atomic E-state index is 13.3. The Kier molecular flexibility index (Phi) is 4.77. The van der Waals surface area contributed by atoms with E-state index in [0.29, 0.717) is 31.6 Å². The van der Waals surface area contributed by atoms with E-state index >= 15 is 0 Å². The summed E-state index contributed by atoms with van der Waals surface area (Å²) in [5, 5.41) is 11.4. The summed E-state index contributed by atoms with van der Waals surface area (Å²) in [7, 11) is 0. The number of rotatable bonds is 3. The van der Waals surface area contributed by atoms with Gasteiger partial charge in [-0.05, 0) is 49.4 Å². The third-order valence-electron chi connectivity index (χ3n) is 3.66. The second kappa shape index (κ2) is 6.56. The van der Waals surface area contributed by atoms with E-state index < -0.39 is 5.97 Å². The number of benzene rings is 1. The Morgan fingerprint density at radius 2 is 2.00 bits per heavy atom. The van der Waals surface area contributed by atoms with Gasteiger partial charge in [0.2, 0.25) is 0 Å². The van der Waals surface area contributed by atoms with Crippen LogP contribution >= 0.6 is 0 Å². The summed E-state index contributed by atoms with van der Waals surface area (Å²) in [5.74, 6) is -1.05. The zero-order valence-corrected chi connectivity index (χ0v) is 11.9. The number of anilines is 1. The maximum atomic E-state index is 13.3. The number of hydrogen-bond donors (Lipinski definition) is 2. The number of carbonyl (C=O) groups is 2. The first-order valence-corrected chi connectivity index (χ1v) is 6.99. The molecule has 1 aromatic carbocycles. The molecule has 1 aliphatic rings. The second-order valence-electron chi connectivity index (χ2n) is 5.48. The summed E-state index contributed by atoms with van der Waals surface area (Å²) in [6, 6.07) is 4.11. The molecule has 0 saturated carbocycles. The van der Waals surface area contributed by atoms with E-state index in [-0.39, 0.29) is 24.2 Å². The van der Waals surface area contributed by atoms with Crippen LogP contribution in [0, 0.1) is 18.7 Å². The lowest BCUT2D eigenvalue weighted by atomic mass is 9.94. The molecule has 0 aliphatic carbocycles. The van der Waals surface area contributed by atoms with E-state index in [0.717, 1.165) is 5.56 Å². The Morgan fingerprint density at radius 3 is 2.57 bits per heavy atom. The first-order chi connectivity index (χ1) is 9.94. The molecule has 1 aliphatic heterocycles. The molecular formula is C15H19FN2O3.